The second kappa shape index (κ2) is 5.96. The van der Waals surface area contributed by atoms with Crippen molar-refractivity contribution in [2.45, 2.75) is 57.5 Å². The Balaban J connectivity index is 1.69. The van der Waals surface area contributed by atoms with Gasteiger partial charge in [-0.3, -0.25) is 4.79 Å². The first-order chi connectivity index (χ1) is 10.2. The number of nitrogens with one attached hydrogen (secondary N) is 1. The number of para-hydroxylation sites is 1. The van der Waals surface area contributed by atoms with E-state index in [0.29, 0.717) is 6.04 Å². The molecule has 4 nitrogen and oxygen atoms in total. The van der Waals surface area contributed by atoms with Crippen molar-refractivity contribution in [1.29, 1.82) is 0 Å². The molecule has 0 aromatic heterocycles. The molecule has 0 spiro atoms. The number of hydrogen-bond acceptors (Lipinski definition) is 3. The average molecular weight is 287 g/mol. The first kappa shape index (κ1) is 14.2. The van der Waals surface area contributed by atoms with Crippen LogP contribution in [0.3, 0.4) is 0 Å². The number of carbonyl (C=O) groups excluding carboxylic acids is 1. The Hall–Kier alpha value is -1.71. The molecular formula is C17H25N3O. The Morgan fingerprint density at radius 1 is 1.33 bits per heavy atom. The third kappa shape index (κ3) is 2.85. The predicted molar refractivity (Wildman–Crippen MR) is 86.4 cm³/mol. The van der Waals surface area contributed by atoms with Gasteiger partial charge in [-0.2, -0.15) is 0 Å². The molecule has 1 atom stereocenters. The zero-order chi connectivity index (χ0) is 14.8. The molecule has 114 valence electrons. The summed E-state index contributed by atoms with van der Waals surface area (Å²) in [6.45, 7) is 2.86. The maximum Gasteiger partial charge on any atom is 0.242 e. The number of carbonyl (C=O) groups is 1. The molecule has 0 radical (unpaired) electrons. The van der Waals surface area contributed by atoms with Crippen LogP contribution in [0.25, 0.3) is 0 Å². The van der Waals surface area contributed by atoms with Crippen LogP contribution in [0, 0.1) is 0 Å². The number of nitrogens with zero attached hydrogens (tertiary/aromatic N) is 1. The summed E-state index contributed by atoms with van der Waals surface area (Å²) >= 11 is 0. The van der Waals surface area contributed by atoms with E-state index >= 15 is 0 Å². The molecule has 1 aromatic carbocycles. The van der Waals surface area contributed by atoms with E-state index in [-0.39, 0.29) is 11.9 Å². The third-order valence-electron chi connectivity index (χ3n) is 4.86. The first-order valence-electron chi connectivity index (χ1n) is 8.11. The van der Waals surface area contributed by atoms with E-state index in [0.717, 1.165) is 37.2 Å². The van der Waals surface area contributed by atoms with Gasteiger partial charge in [-0.1, -0.05) is 31.4 Å². The van der Waals surface area contributed by atoms with E-state index in [4.69, 9.17) is 5.73 Å². The average Bonchev–Trinajstić information content (AvgIpc) is 2.93. The summed E-state index contributed by atoms with van der Waals surface area (Å²) in [6, 6.07) is 6.23. The number of nitrogens with two attached hydrogens (primary N) is 1. The summed E-state index contributed by atoms with van der Waals surface area (Å²) in [5, 5.41) is 3.22. The van der Waals surface area contributed by atoms with Crippen LogP contribution in [0.2, 0.25) is 0 Å². The fourth-order valence-corrected chi connectivity index (χ4v) is 3.61. The van der Waals surface area contributed by atoms with Crippen LogP contribution >= 0.6 is 0 Å². The molecule has 4 heteroatoms. The Labute approximate surface area is 126 Å². The Kier molecular flexibility index (Phi) is 4.04. The molecule has 3 rings (SSSR count). The van der Waals surface area contributed by atoms with Crippen molar-refractivity contribution in [3.8, 4) is 0 Å². The maximum absolute atomic E-state index is 12.5. The molecule has 0 bridgehead atoms. The molecule has 1 saturated carbocycles. The molecule has 1 aliphatic heterocycles. The van der Waals surface area contributed by atoms with Crippen molar-refractivity contribution in [3.05, 3.63) is 23.8 Å². The molecule has 21 heavy (non-hydrogen) atoms. The van der Waals surface area contributed by atoms with Gasteiger partial charge in [-0.15, -0.1) is 0 Å². The lowest BCUT2D eigenvalue weighted by molar-refractivity contribution is -0.123. The van der Waals surface area contributed by atoms with Crippen molar-refractivity contribution in [1.82, 2.24) is 5.32 Å². The van der Waals surface area contributed by atoms with Gasteiger partial charge in [0.25, 0.3) is 0 Å². The largest absolute Gasteiger partial charge is 0.397 e. The standard InChI is InChI=1S/C17H25N3O/c1-12(17(21)19-14-7-3-2-4-8-14)20-11-10-13-6-5-9-15(18)16(13)20/h5-6,9,12,14H,2-4,7-8,10-11,18H2,1H3,(H,19,21). The summed E-state index contributed by atoms with van der Waals surface area (Å²) in [5.74, 6) is 0.137. The van der Waals surface area contributed by atoms with Crippen LogP contribution in [0.1, 0.15) is 44.6 Å². The van der Waals surface area contributed by atoms with Crippen LogP contribution in [-0.2, 0) is 11.2 Å². The summed E-state index contributed by atoms with van der Waals surface area (Å²) in [4.78, 5) is 14.7. The SMILES string of the molecule is CC(C(=O)NC1CCCCC1)N1CCc2cccc(N)c21. The summed E-state index contributed by atoms with van der Waals surface area (Å²) in [5.41, 5.74) is 9.21. The Bertz CT molecular complexity index is 523. The highest BCUT2D eigenvalue weighted by atomic mass is 16.2. The number of fused-ring (bicyclic) bond motifs is 1. The lowest BCUT2D eigenvalue weighted by Gasteiger charge is -2.30. The molecule has 0 saturated heterocycles. The van der Waals surface area contributed by atoms with Gasteiger partial charge in [-0.05, 0) is 37.8 Å². The van der Waals surface area contributed by atoms with Gasteiger partial charge < -0.3 is 16.0 Å². The van der Waals surface area contributed by atoms with E-state index in [1.165, 1.54) is 24.8 Å². The van der Waals surface area contributed by atoms with Gasteiger partial charge >= 0.3 is 0 Å². The quantitative estimate of drug-likeness (QED) is 0.840. The van der Waals surface area contributed by atoms with Crippen LogP contribution < -0.4 is 16.0 Å². The van der Waals surface area contributed by atoms with Crippen LogP contribution in [-0.4, -0.2) is 24.5 Å². The zero-order valence-corrected chi connectivity index (χ0v) is 12.8. The van der Waals surface area contributed by atoms with Crippen molar-refractivity contribution in [3.63, 3.8) is 0 Å². The smallest absolute Gasteiger partial charge is 0.242 e. The van der Waals surface area contributed by atoms with Crippen LogP contribution in [0.4, 0.5) is 11.4 Å². The normalized spacial score (nSPS) is 20.1. The van der Waals surface area contributed by atoms with E-state index < -0.39 is 0 Å². The third-order valence-corrected chi connectivity index (χ3v) is 4.86. The second-order valence-electron chi connectivity index (χ2n) is 6.32. The number of hydrogen-bond donors (Lipinski definition) is 2. The fraction of sp³-hybridized carbons (Fsp3) is 0.588. The van der Waals surface area contributed by atoms with Crippen LogP contribution in [0.5, 0.6) is 0 Å². The van der Waals surface area contributed by atoms with Gasteiger partial charge in [0.05, 0.1) is 11.4 Å². The molecule has 1 aliphatic carbocycles. The number of anilines is 2. The van der Waals surface area contributed by atoms with E-state index in [9.17, 15) is 4.79 Å². The molecule has 2 aliphatic rings. The first-order valence-corrected chi connectivity index (χ1v) is 8.11. The Morgan fingerprint density at radius 2 is 2.10 bits per heavy atom. The Morgan fingerprint density at radius 3 is 2.86 bits per heavy atom. The minimum Gasteiger partial charge on any atom is -0.397 e. The van der Waals surface area contributed by atoms with Crippen molar-refractivity contribution < 1.29 is 4.79 Å². The van der Waals surface area contributed by atoms with E-state index in [2.05, 4.69) is 16.3 Å². The van der Waals surface area contributed by atoms with Crippen molar-refractivity contribution in [2.24, 2.45) is 0 Å². The zero-order valence-electron chi connectivity index (χ0n) is 12.8. The van der Waals surface area contributed by atoms with Crippen molar-refractivity contribution >= 4 is 17.3 Å². The molecule has 1 amide bonds. The topological polar surface area (TPSA) is 58.4 Å². The molecule has 1 unspecified atom stereocenters. The van der Waals surface area contributed by atoms with Gasteiger partial charge in [0.1, 0.15) is 6.04 Å². The highest BCUT2D eigenvalue weighted by Crippen LogP contribution is 2.35. The minimum atomic E-state index is -0.155. The monoisotopic (exact) mass is 287 g/mol. The molecule has 3 N–H and O–H groups in total. The minimum absolute atomic E-state index is 0.137. The van der Waals surface area contributed by atoms with E-state index in [1.54, 1.807) is 0 Å². The number of nitrogen functional groups attached to an aromatic ring is 1. The summed E-state index contributed by atoms with van der Waals surface area (Å²) in [6.07, 6.45) is 6.99. The summed E-state index contributed by atoms with van der Waals surface area (Å²) < 4.78 is 0. The van der Waals surface area contributed by atoms with Gasteiger partial charge in [0.2, 0.25) is 5.91 Å². The lowest BCUT2D eigenvalue weighted by atomic mass is 9.95. The number of rotatable bonds is 3. The van der Waals surface area contributed by atoms with Crippen molar-refractivity contribution in [2.75, 3.05) is 17.2 Å². The molecule has 1 heterocycles. The maximum atomic E-state index is 12.5. The highest BCUT2D eigenvalue weighted by molar-refractivity contribution is 5.88. The summed E-state index contributed by atoms with van der Waals surface area (Å²) in [7, 11) is 0. The number of amides is 1. The van der Waals surface area contributed by atoms with Gasteiger partial charge in [-0.25, -0.2) is 0 Å². The van der Waals surface area contributed by atoms with Crippen LogP contribution in [0.15, 0.2) is 18.2 Å². The van der Waals surface area contributed by atoms with Gasteiger partial charge in [0.15, 0.2) is 0 Å². The fourth-order valence-electron chi connectivity index (χ4n) is 3.61. The van der Waals surface area contributed by atoms with Gasteiger partial charge in [0, 0.05) is 12.6 Å². The molecular weight excluding hydrogens is 262 g/mol. The molecule has 1 aromatic rings. The molecule has 1 fully saturated rings. The second-order valence-corrected chi connectivity index (χ2v) is 6.32. The van der Waals surface area contributed by atoms with E-state index in [1.807, 2.05) is 19.1 Å². The predicted octanol–water partition coefficient (Wildman–Crippen LogP) is 2.47. The highest BCUT2D eigenvalue weighted by Gasteiger charge is 2.30. The lowest BCUT2D eigenvalue weighted by Crippen LogP contribution is -2.48. The number of benzene rings is 1.